The summed E-state index contributed by atoms with van der Waals surface area (Å²) >= 11 is 0. The lowest BCUT2D eigenvalue weighted by molar-refractivity contribution is -0.142. The van der Waals surface area contributed by atoms with Crippen molar-refractivity contribution in [1.82, 2.24) is 26.6 Å². The topological polar surface area (TPSA) is 289 Å². The van der Waals surface area contributed by atoms with E-state index in [1.165, 1.54) is 12.1 Å². The van der Waals surface area contributed by atoms with Crippen molar-refractivity contribution < 1.29 is 48.6 Å². The van der Waals surface area contributed by atoms with Crippen LogP contribution in [0, 0.1) is 5.92 Å². The second kappa shape index (κ2) is 32.1. The van der Waals surface area contributed by atoms with E-state index in [4.69, 9.17) is 11.5 Å². The van der Waals surface area contributed by atoms with Crippen LogP contribution >= 0.6 is 0 Å². The van der Waals surface area contributed by atoms with Gasteiger partial charge in [0.15, 0.2) is 0 Å². The Bertz CT molecular complexity index is 2100. The van der Waals surface area contributed by atoms with E-state index in [0.717, 1.165) is 69.8 Å². The molecular weight excluding hydrogens is 895 g/mol. The molecule has 0 bridgehead atoms. The molecule has 17 heteroatoms. The van der Waals surface area contributed by atoms with Gasteiger partial charge in [-0.1, -0.05) is 151 Å². The molecule has 7 amide bonds. The Hall–Kier alpha value is -6.78. The summed E-state index contributed by atoms with van der Waals surface area (Å²) in [7, 11) is 0. The number of carboxylic acid groups (broad SMARTS) is 1. The van der Waals surface area contributed by atoms with Crippen LogP contribution in [0.1, 0.15) is 133 Å². The zero-order chi connectivity index (χ0) is 51.3. The third-order valence-corrected chi connectivity index (χ3v) is 11.8. The number of nitrogens with one attached hydrogen (secondary N) is 5. The fourth-order valence-electron chi connectivity index (χ4n) is 8.00. The number of unbranched alkanes of at least 4 members (excludes halogenated alkanes) is 11. The van der Waals surface area contributed by atoms with E-state index in [1.807, 2.05) is 44.2 Å². The van der Waals surface area contributed by atoms with Gasteiger partial charge in [0.05, 0.1) is 6.42 Å². The molecule has 0 saturated carbocycles. The highest BCUT2D eigenvalue weighted by molar-refractivity contribution is 5.95. The summed E-state index contributed by atoms with van der Waals surface area (Å²) in [6, 6.07) is 18.7. The molecule has 0 unspecified atom stereocenters. The lowest BCUT2D eigenvalue weighted by Crippen LogP contribution is -2.57. The number of carbonyl (C=O) groups is 8. The van der Waals surface area contributed by atoms with Gasteiger partial charge in [0.1, 0.15) is 36.0 Å². The quantitative estimate of drug-likeness (QED) is 0.0363. The minimum absolute atomic E-state index is 0.00542. The van der Waals surface area contributed by atoms with Crippen LogP contribution in [0.4, 0.5) is 0 Å². The molecule has 0 spiro atoms. The monoisotopic (exact) mass is 970 g/mol. The number of aromatic hydroxyl groups is 1. The van der Waals surface area contributed by atoms with Crippen molar-refractivity contribution in [3.63, 3.8) is 0 Å². The summed E-state index contributed by atoms with van der Waals surface area (Å²) < 4.78 is 0. The zero-order valence-corrected chi connectivity index (χ0v) is 40.8. The molecule has 0 aliphatic heterocycles. The number of phenols is 1. The molecule has 5 atom stereocenters. The van der Waals surface area contributed by atoms with Gasteiger partial charge in [0.2, 0.25) is 41.4 Å². The summed E-state index contributed by atoms with van der Waals surface area (Å²) in [5.41, 5.74) is 13.2. The van der Waals surface area contributed by atoms with Gasteiger partial charge in [-0.2, -0.15) is 0 Å². The van der Waals surface area contributed by atoms with E-state index < -0.39 is 78.0 Å². The third-order valence-electron chi connectivity index (χ3n) is 11.8. The normalized spacial score (nSPS) is 13.2. The van der Waals surface area contributed by atoms with E-state index in [9.17, 15) is 48.6 Å². The second-order valence-electron chi connectivity index (χ2n) is 18.5. The van der Waals surface area contributed by atoms with Gasteiger partial charge in [0, 0.05) is 32.1 Å². The molecule has 11 N–H and O–H groups in total. The maximum Gasteiger partial charge on any atom is 0.326 e. The number of benzene rings is 3. The van der Waals surface area contributed by atoms with Crippen molar-refractivity contribution in [3.05, 3.63) is 102 Å². The minimum Gasteiger partial charge on any atom is -0.508 e. The molecule has 0 aliphatic carbocycles. The Morgan fingerprint density at radius 3 is 1.27 bits per heavy atom. The summed E-state index contributed by atoms with van der Waals surface area (Å²) in [5.74, 6) is -5.27. The van der Waals surface area contributed by atoms with Gasteiger partial charge < -0.3 is 48.3 Å². The molecule has 0 saturated heterocycles. The first-order valence-electron chi connectivity index (χ1n) is 24.7. The number of rotatable bonds is 35. The number of amides is 7. The Kier molecular flexibility index (Phi) is 26.4. The van der Waals surface area contributed by atoms with Crippen molar-refractivity contribution >= 4 is 47.3 Å². The van der Waals surface area contributed by atoms with Gasteiger partial charge in [-0.3, -0.25) is 33.6 Å². The Balaban J connectivity index is 1.34. The lowest BCUT2D eigenvalue weighted by atomic mass is 9.99. The van der Waals surface area contributed by atoms with Gasteiger partial charge in [-0.15, -0.1) is 0 Å². The summed E-state index contributed by atoms with van der Waals surface area (Å²) in [6.07, 6.45) is 11.7. The fourth-order valence-corrected chi connectivity index (χ4v) is 8.00. The number of carboxylic acids is 1. The van der Waals surface area contributed by atoms with Crippen molar-refractivity contribution in [2.75, 3.05) is 0 Å². The smallest absolute Gasteiger partial charge is 0.326 e. The Morgan fingerprint density at radius 2 is 0.829 bits per heavy atom. The maximum absolute atomic E-state index is 13.8. The fraction of sp³-hybridized carbons (Fsp3) is 0.509. The molecule has 0 heterocycles. The molecule has 3 aromatic rings. The van der Waals surface area contributed by atoms with E-state index in [1.54, 1.807) is 42.5 Å². The average molecular weight is 970 g/mol. The Labute approximate surface area is 412 Å². The van der Waals surface area contributed by atoms with Crippen molar-refractivity contribution in [1.29, 1.82) is 0 Å². The predicted molar refractivity (Wildman–Crippen MR) is 266 cm³/mol. The van der Waals surface area contributed by atoms with Crippen LogP contribution in [0.15, 0.2) is 84.9 Å². The SMILES string of the molecule is CC(C)C[C@H](NC(=O)[C@H](Cc1ccc(O)cc1)NC(=O)CCCCCCCCCCCCCCC(=O)N[C@@H](CC(N)=O)C(=O)N[C@@H](Cc1ccccc1)C(=O)O)C(=O)N[C@@H](Cc1ccccc1)C(N)=O. The second-order valence-corrected chi connectivity index (χ2v) is 18.5. The minimum atomic E-state index is -1.28. The van der Waals surface area contributed by atoms with Crippen LogP contribution in [0.3, 0.4) is 0 Å². The first-order valence-corrected chi connectivity index (χ1v) is 24.7. The van der Waals surface area contributed by atoms with E-state index >= 15 is 0 Å². The number of aliphatic carboxylic acids is 1. The molecule has 0 radical (unpaired) electrons. The Morgan fingerprint density at radius 1 is 0.457 bits per heavy atom. The van der Waals surface area contributed by atoms with Crippen LogP contribution in [-0.2, 0) is 57.6 Å². The number of hydrogen-bond donors (Lipinski definition) is 9. The number of carbonyl (C=O) groups excluding carboxylic acids is 7. The van der Waals surface area contributed by atoms with Crippen molar-refractivity contribution in [2.24, 2.45) is 17.4 Å². The molecule has 0 aliphatic rings. The number of primary amides is 2. The number of hydrogen-bond acceptors (Lipinski definition) is 9. The standard InChI is InChI=1S/C53H75N7O10/c1-36(2)31-42(50(66)58-41(49(55)65)32-37-21-15-13-16-22-37)59-51(67)43(33-39-27-29-40(61)30-28-39)56-47(63)25-19-11-9-7-5-3-4-6-8-10-12-20-26-48(64)57-44(35-46(54)62)52(68)60-45(53(69)70)34-38-23-17-14-18-24-38/h13-18,21-24,27-30,36,41-45,61H,3-12,19-20,25-26,31-35H2,1-2H3,(H2,54,62)(H2,55,65)(H,56,63)(H,57,64)(H,58,66)(H,59,67)(H,60,68)(H,69,70)/t41-,42-,43-,44-,45-/m0/s1. The maximum atomic E-state index is 13.8. The lowest BCUT2D eigenvalue weighted by Gasteiger charge is -2.26. The average Bonchev–Trinajstić information content (AvgIpc) is 3.31. The summed E-state index contributed by atoms with van der Waals surface area (Å²) in [4.78, 5) is 102. The van der Waals surface area contributed by atoms with Crippen molar-refractivity contribution in [2.45, 2.75) is 166 Å². The predicted octanol–water partition coefficient (Wildman–Crippen LogP) is 4.80. The highest BCUT2D eigenvalue weighted by Crippen LogP contribution is 2.16. The van der Waals surface area contributed by atoms with Gasteiger partial charge in [-0.25, -0.2) is 4.79 Å². The van der Waals surface area contributed by atoms with Gasteiger partial charge >= 0.3 is 5.97 Å². The first kappa shape index (κ1) is 57.5. The molecular formula is C53H75N7O10. The molecule has 0 fully saturated rings. The van der Waals surface area contributed by atoms with Gasteiger partial charge in [0.25, 0.3) is 0 Å². The highest BCUT2D eigenvalue weighted by atomic mass is 16.4. The summed E-state index contributed by atoms with van der Waals surface area (Å²) in [5, 5.41) is 32.8. The van der Waals surface area contributed by atoms with E-state index in [2.05, 4.69) is 26.6 Å². The molecule has 70 heavy (non-hydrogen) atoms. The van der Waals surface area contributed by atoms with Gasteiger partial charge in [-0.05, 0) is 54.0 Å². The van der Waals surface area contributed by atoms with Crippen LogP contribution < -0.4 is 38.1 Å². The number of nitrogens with two attached hydrogens (primary N) is 2. The zero-order valence-electron chi connectivity index (χ0n) is 40.8. The van der Waals surface area contributed by atoms with Crippen LogP contribution in [0.5, 0.6) is 5.75 Å². The number of phenolic OH excluding ortho intramolecular Hbond substituents is 1. The highest BCUT2D eigenvalue weighted by Gasteiger charge is 2.31. The van der Waals surface area contributed by atoms with Crippen LogP contribution in [0.25, 0.3) is 0 Å². The van der Waals surface area contributed by atoms with Crippen molar-refractivity contribution in [3.8, 4) is 5.75 Å². The third kappa shape index (κ3) is 24.0. The molecule has 3 rings (SSSR count). The van der Waals surface area contributed by atoms with Crippen LogP contribution in [0.2, 0.25) is 0 Å². The molecule has 0 aromatic heterocycles. The van der Waals surface area contributed by atoms with E-state index in [0.29, 0.717) is 24.0 Å². The molecule has 17 nitrogen and oxygen atoms in total. The van der Waals surface area contributed by atoms with Crippen LogP contribution in [-0.4, -0.2) is 87.7 Å². The first-order chi connectivity index (χ1) is 33.5. The van der Waals surface area contributed by atoms with E-state index in [-0.39, 0.29) is 56.1 Å². The largest absolute Gasteiger partial charge is 0.508 e. The molecule has 382 valence electrons. The molecule has 3 aromatic carbocycles. The summed E-state index contributed by atoms with van der Waals surface area (Å²) in [6.45, 7) is 3.82.